The van der Waals surface area contributed by atoms with Crippen molar-refractivity contribution in [1.29, 1.82) is 0 Å². The second kappa shape index (κ2) is 6.56. The van der Waals surface area contributed by atoms with E-state index in [0.717, 1.165) is 37.5 Å². The zero-order chi connectivity index (χ0) is 14.7. The van der Waals surface area contributed by atoms with Crippen molar-refractivity contribution in [3.63, 3.8) is 0 Å². The lowest BCUT2D eigenvalue weighted by Gasteiger charge is -2.38. The lowest BCUT2D eigenvalue weighted by molar-refractivity contribution is 0.183. The third kappa shape index (κ3) is 3.43. The maximum absolute atomic E-state index is 6.05. The van der Waals surface area contributed by atoms with Crippen LogP contribution in [-0.2, 0) is 0 Å². The van der Waals surface area contributed by atoms with Gasteiger partial charge in [0.05, 0.1) is 12.2 Å². The van der Waals surface area contributed by atoms with Gasteiger partial charge in [0.15, 0.2) is 0 Å². The van der Waals surface area contributed by atoms with Gasteiger partial charge in [-0.3, -0.25) is 0 Å². The molecule has 0 spiro atoms. The Balaban J connectivity index is 1.68. The third-order valence-corrected chi connectivity index (χ3v) is 4.63. The van der Waals surface area contributed by atoms with E-state index in [0.29, 0.717) is 0 Å². The largest absolute Gasteiger partial charge is 0.486 e. The summed E-state index contributed by atoms with van der Waals surface area (Å²) in [5, 5.41) is 0. The highest BCUT2D eigenvalue weighted by Gasteiger charge is 2.25. The normalized spacial score (nSPS) is 22.7. The summed E-state index contributed by atoms with van der Waals surface area (Å²) < 4.78 is 6.05. The Morgan fingerprint density at radius 2 is 2.00 bits per heavy atom. The van der Waals surface area contributed by atoms with Crippen LogP contribution in [0.3, 0.4) is 0 Å². The van der Waals surface area contributed by atoms with E-state index in [1.807, 2.05) is 12.1 Å². The van der Waals surface area contributed by atoms with E-state index in [4.69, 9.17) is 10.5 Å². The molecule has 4 nitrogen and oxygen atoms in total. The molecule has 1 saturated heterocycles. The van der Waals surface area contributed by atoms with Gasteiger partial charge in [0.25, 0.3) is 0 Å². The molecule has 0 amide bonds. The second-order valence-corrected chi connectivity index (χ2v) is 6.22. The minimum absolute atomic E-state index is 0.278. The summed E-state index contributed by atoms with van der Waals surface area (Å²) in [5.41, 5.74) is 7.88. The number of likely N-dealkylation sites (tertiary alicyclic amines) is 1. The van der Waals surface area contributed by atoms with Crippen LogP contribution in [0, 0.1) is 0 Å². The van der Waals surface area contributed by atoms with Gasteiger partial charge in [-0.25, -0.2) is 0 Å². The van der Waals surface area contributed by atoms with E-state index in [1.54, 1.807) is 0 Å². The maximum Gasteiger partial charge on any atom is 0.145 e. The van der Waals surface area contributed by atoms with E-state index in [1.165, 1.54) is 38.0 Å². The van der Waals surface area contributed by atoms with Crippen molar-refractivity contribution in [2.75, 3.05) is 43.4 Å². The van der Waals surface area contributed by atoms with Gasteiger partial charge in [-0.2, -0.15) is 0 Å². The van der Waals surface area contributed by atoms with Gasteiger partial charge in [0, 0.05) is 24.8 Å². The molecule has 3 rings (SSSR count). The molecule has 21 heavy (non-hydrogen) atoms. The van der Waals surface area contributed by atoms with Crippen molar-refractivity contribution in [3.05, 3.63) is 18.2 Å². The van der Waals surface area contributed by atoms with Gasteiger partial charge in [-0.15, -0.1) is 0 Å². The maximum atomic E-state index is 6.05. The number of nitrogen functional groups attached to an aromatic ring is 1. The molecule has 2 N–H and O–H groups in total. The number of hydrogen-bond acceptors (Lipinski definition) is 4. The Hall–Kier alpha value is -1.42. The van der Waals surface area contributed by atoms with Crippen molar-refractivity contribution in [2.45, 2.75) is 38.7 Å². The van der Waals surface area contributed by atoms with Gasteiger partial charge >= 0.3 is 0 Å². The van der Waals surface area contributed by atoms with E-state index in [2.05, 4.69) is 22.8 Å². The molecule has 2 heterocycles. The van der Waals surface area contributed by atoms with E-state index < -0.39 is 0 Å². The summed E-state index contributed by atoms with van der Waals surface area (Å²) in [4.78, 5) is 5.07. The first-order chi connectivity index (χ1) is 10.3. The standard InChI is InChI=1S/C17H27N3O/c1-2-15-13-20(11-10-19-8-4-3-5-9-19)16-7-6-14(18)12-17(16)21-15/h6-7,12,15H,2-5,8-11,13,18H2,1H3. The predicted molar refractivity (Wildman–Crippen MR) is 88.1 cm³/mol. The van der Waals surface area contributed by atoms with Gasteiger partial charge in [0.2, 0.25) is 0 Å². The first-order valence-corrected chi connectivity index (χ1v) is 8.29. The zero-order valence-corrected chi connectivity index (χ0v) is 13.1. The highest BCUT2D eigenvalue weighted by Crippen LogP contribution is 2.35. The molecule has 0 aliphatic carbocycles. The molecule has 0 radical (unpaired) electrons. The minimum Gasteiger partial charge on any atom is -0.486 e. The van der Waals surface area contributed by atoms with E-state index in [-0.39, 0.29) is 6.10 Å². The van der Waals surface area contributed by atoms with Crippen LogP contribution >= 0.6 is 0 Å². The summed E-state index contributed by atoms with van der Waals surface area (Å²) in [6.45, 7) is 7.93. The number of benzene rings is 1. The van der Waals surface area contributed by atoms with Crippen molar-refractivity contribution in [3.8, 4) is 5.75 Å². The highest BCUT2D eigenvalue weighted by atomic mass is 16.5. The molecular weight excluding hydrogens is 262 g/mol. The summed E-state index contributed by atoms with van der Waals surface area (Å²) >= 11 is 0. The number of ether oxygens (including phenoxy) is 1. The number of anilines is 2. The van der Waals surface area contributed by atoms with Crippen LogP contribution in [0.15, 0.2) is 18.2 Å². The van der Waals surface area contributed by atoms with Crippen LogP contribution in [0.2, 0.25) is 0 Å². The van der Waals surface area contributed by atoms with Gasteiger partial charge in [-0.1, -0.05) is 13.3 Å². The molecule has 2 aliphatic heterocycles. The fourth-order valence-corrected chi connectivity index (χ4v) is 3.32. The van der Waals surface area contributed by atoms with Crippen LogP contribution in [0.5, 0.6) is 5.75 Å². The van der Waals surface area contributed by atoms with Crippen LogP contribution in [0.1, 0.15) is 32.6 Å². The lowest BCUT2D eigenvalue weighted by Crippen LogP contribution is -2.44. The average molecular weight is 289 g/mol. The van der Waals surface area contributed by atoms with Crippen LogP contribution < -0.4 is 15.4 Å². The monoisotopic (exact) mass is 289 g/mol. The fraction of sp³-hybridized carbons (Fsp3) is 0.647. The third-order valence-electron chi connectivity index (χ3n) is 4.63. The van der Waals surface area contributed by atoms with Crippen molar-refractivity contribution in [2.24, 2.45) is 0 Å². The quantitative estimate of drug-likeness (QED) is 0.865. The lowest BCUT2D eigenvalue weighted by atomic mass is 10.1. The average Bonchev–Trinajstić information content (AvgIpc) is 2.52. The molecule has 0 bridgehead atoms. The molecule has 1 unspecified atom stereocenters. The van der Waals surface area contributed by atoms with Gasteiger partial charge in [0.1, 0.15) is 11.9 Å². The molecule has 4 heteroatoms. The van der Waals surface area contributed by atoms with Crippen LogP contribution in [0.25, 0.3) is 0 Å². The number of nitrogens with two attached hydrogens (primary N) is 1. The number of nitrogens with zero attached hydrogens (tertiary/aromatic N) is 2. The Morgan fingerprint density at radius 1 is 1.19 bits per heavy atom. The Morgan fingerprint density at radius 3 is 2.76 bits per heavy atom. The smallest absolute Gasteiger partial charge is 0.145 e. The van der Waals surface area contributed by atoms with Gasteiger partial charge in [-0.05, 0) is 44.5 Å². The first-order valence-electron chi connectivity index (χ1n) is 8.29. The molecule has 2 aliphatic rings. The summed E-state index contributed by atoms with van der Waals surface area (Å²) in [5.74, 6) is 0.951. The first kappa shape index (κ1) is 14.5. The summed E-state index contributed by atoms with van der Waals surface area (Å²) in [6, 6.07) is 6.04. The molecule has 1 aromatic rings. The molecular formula is C17H27N3O. The van der Waals surface area contributed by atoms with Crippen LogP contribution in [-0.4, -0.2) is 43.7 Å². The zero-order valence-electron chi connectivity index (χ0n) is 13.1. The molecule has 0 aromatic heterocycles. The topological polar surface area (TPSA) is 41.7 Å². The summed E-state index contributed by atoms with van der Waals surface area (Å²) in [6.07, 6.45) is 5.42. The second-order valence-electron chi connectivity index (χ2n) is 6.22. The Kier molecular flexibility index (Phi) is 4.54. The molecule has 1 fully saturated rings. The van der Waals surface area contributed by atoms with Crippen molar-refractivity contribution < 1.29 is 4.74 Å². The Labute approximate surface area is 127 Å². The molecule has 1 aromatic carbocycles. The number of piperidine rings is 1. The fourth-order valence-electron chi connectivity index (χ4n) is 3.32. The highest BCUT2D eigenvalue weighted by molar-refractivity contribution is 5.65. The number of hydrogen-bond donors (Lipinski definition) is 1. The summed E-state index contributed by atoms with van der Waals surface area (Å²) in [7, 11) is 0. The van der Waals surface area contributed by atoms with Crippen LogP contribution in [0.4, 0.5) is 11.4 Å². The van der Waals surface area contributed by atoms with E-state index >= 15 is 0 Å². The Bertz CT molecular complexity index is 471. The minimum atomic E-state index is 0.278. The number of fused-ring (bicyclic) bond motifs is 1. The van der Waals surface area contributed by atoms with Crippen molar-refractivity contribution >= 4 is 11.4 Å². The van der Waals surface area contributed by atoms with Gasteiger partial charge < -0.3 is 20.3 Å². The molecule has 0 saturated carbocycles. The molecule has 1 atom stereocenters. The molecule has 116 valence electrons. The number of rotatable bonds is 4. The van der Waals surface area contributed by atoms with Crippen molar-refractivity contribution in [1.82, 2.24) is 4.90 Å². The predicted octanol–water partition coefficient (Wildman–Crippen LogP) is 2.73. The van der Waals surface area contributed by atoms with E-state index in [9.17, 15) is 0 Å². The SMILES string of the molecule is CCC1CN(CCN2CCCCC2)c2ccc(N)cc2O1.